The maximum absolute atomic E-state index is 11.4. The molecule has 27 heavy (non-hydrogen) atoms. The molecule has 1 amide bonds. The number of aromatic nitrogens is 3. The number of carbonyl (C=O) groups is 1. The molecule has 8 nitrogen and oxygen atoms in total. The van der Waals surface area contributed by atoms with Crippen LogP contribution in [0.4, 0.5) is 0 Å². The van der Waals surface area contributed by atoms with Gasteiger partial charge in [-0.25, -0.2) is 4.98 Å². The molecule has 1 aliphatic rings. The van der Waals surface area contributed by atoms with Gasteiger partial charge in [0.1, 0.15) is 35.3 Å². The minimum absolute atomic E-state index is 0.200. The fourth-order valence-electron chi connectivity index (χ4n) is 2.82. The second-order valence-electron chi connectivity index (χ2n) is 6.10. The number of imidazole rings is 1. The van der Waals surface area contributed by atoms with Crippen molar-refractivity contribution in [1.82, 2.24) is 14.7 Å². The van der Waals surface area contributed by atoms with Crippen molar-refractivity contribution in [2.75, 3.05) is 6.61 Å². The number of hydrogen-bond acceptors (Lipinski definition) is 6. The third kappa shape index (κ3) is 3.28. The lowest BCUT2D eigenvalue weighted by Gasteiger charge is -2.06. The van der Waals surface area contributed by atoms with Crippen molar-refractivity contribution in [3.05, 3.63) is 53.2 Å². The number of aryl methyl sites for hydroxylation is 1. The van der Waals surface area contributed by atoms with Gasteiger partial charge in [-0.05, 0) is 25.1 Å². The molecule has 1 aliphatic heterocycles. The third-order valence-corrected chi connectivity index (χ3v) is 4.12. The summed E-state index contributed by atoms with van der Waals surface area (Å²) in [4.78, 5) is 15.8. The largest absolute Gasteiger partial charge is 0.491 e. The van der Waals surface area contributed by atoms with Crippen molar-refractivity contribution in [1.29, 1.82) is 0 Å². The predicted octanol–water partition coefficient (Wildman–Crippen LogP) is 1.42. The fraction of sp³-hybridized carbons (Fsp3) is 0.211. The fourth-order valence-corrected chi connectivity index (χ4v) is 2.82. The molecule has 0 bridgehead atoms. The normalized spacial score (nSPS) is 13.4. The van der Waals surface area contributed by atoms with Crippen LogP contribution in [0.5, 0.6) is 5.75 Å². The minimum Gasteiger partial charge on any atom is -0.491 e. The zero-order chi connectivity index (χ0) is 19.0. The van der Waals surface area contributed by atoms with Gasteiger partial charge in [0.25, 0.3) is 5.91 Å². The number of nitrogens with two attached hydrogens (primary N) is 1. The maximum atomic E-state index is 11.4. The van der Waals surface area contributed by atoms with Crippen LogP contribution in [-0.4, -0.2) is 32.3 Å². The summed E-state index contributed by atoms with van der Waals surface area (Å²) in [5.74, 6) is 6.91. The standard InChI is InChI=1S/C19H16N4O4/c1-11-8-14(22-27-11)16(24)4-2-12-3-5-17-13(9-12)19-21-15(18(20)25)10-23(19)6-7-26-17/h3,5,8-10,16,24H,6-7H2,1H3,(H2,20,25). The topological polar surface area (TPSA) is 116 Å². The Balaban J connectivity index is 1.70. The number of aliphatic hydroxyl groups excluding tert-OH is 1. The van der Waals surface area contributed by atoms with Gasteiger partial charge in [0, 0.05) is 17.8 Å². The van der Waals surface area contributed by atoms with Crippen LogP contribution >= 0.6 is 0 Å². The molecule has 0 saturated carbocycles. The van der Waals surface area contributed by atoms with Gasteiger partial charge in [-0.2, -0.15) is 0 Å². The molecule has 1 unspecified atom stereocenters. The van der Waals surface area contributed by atoms with E-state index >= 15 is 0 Å². The number of primary amides is 1. The van der Waals surface area contributed by atoms with E-state index in [1.54, 1.807) is 37.4 Å². The summed E-state index contributed by atoms with van der Waals surface area (Å²) in [5.41, 5.74) is 7.27. The molecular weight excluding hydrogens is 348 g/mol. The minimum atomic E-state index is -1.05. The summed E-state index contributed by atoms with van der Waals surface area (Å²) in [6.07, 6.45) is 0.562. The Morgan fingerprint density at radius 2 is 2.26 bits per heavy atom. The number of rotatable bonds is 2. The van der Waals surface area contributed by atoms with Gasteiger partial charge in [0.15, 0.2) is 6.10 Å². The van der Waals surface area contributed by atoms with E-state index in [2.05, 4.69) is 22.0 Å². The molecule has 0 saturated heterocycles. The number of carbonyl (C=O) groups excluding carboxylic acids is 1. The molecule has 0 spiro atoms. The lowest BCUT2D eigenvalue weighted by molar-refractivity contribution is 0.0996. The van der Waals surface area contributed by atoms with Crippen LogP contribution in [0.15, 0.2) is 35.0 Å². The second-order valence-corrected chi connectivity index (χ2v) is 6.10. The van der Waals surface area contributed by atoms with E-state index in [-0.39, 0.29) is 5.69 Å². The first-order valence-electron chi connectivity index (χ1n) is 8.28. The van der Waals surface area contributed by atoms with E-state index in [1.807, 2.05) is 4.57 Å². The number of fused-ring (bicyclic) bond motifs is 3. The summed E-state index contributed by atoms with van der Waals surface area (Å²) >= 11 is 0. The Kier molecular flexibility index (Phi) is 4.14. The van der Waals surface area contributed by atoms with Gasteiger partial charge < -0.3 is 24.7 Å². The molecule has 0 aliphatic carbocycles. The third-order valence-electron chi connectivity index (χ3n) is 4.12. The van der Waals surface area contributed by atoms with E-state index in [0.717, 1.165) is 0 Å². The zero-order valence-corrected chi connectivity index (χ0v) is 14.5. The van der Waals surface area contributed by atoms with Crippen molar-refractivity contribution in [3.63, 3.8) is 0 Å². The smallest absolute Gasteiger partial charge is 0.268 e. The Hall–Kier alpha value is -3.57. The first-order chi connectivity index (χ1) is 13.0. The highest BCUT2D eigenvalue weighted by Gasteiger charge is 2.20. The molecule has 2 aromatic heterocycles. The lowest BCUT2D eigenvalue weighted by atomic mass is 10.1. The van der Waals surface area contributed by atoms with E-state index in [1.165, 1.54) is 0 Å². The maximum Gasteiger partial charge on any atom is 0.268 e. The highest BCUT2D eigenvalue weighted by molar-refractivity contribution is 5.91. The van der Waals surface area contributed by atoms with Gasteiger partial charge in [0.05, 0.1) is 12.1 Å². The van der Waals surface area contributed by atoms with Crippen LogP contribution in [0.25, 0.3) is 11.4 Å². The average molecular weight is 364 g/mol. The van der Waals surface area contributed by atoms with Crippen LogP contribution in [0.2, 0.25) is 0 Å². The number of benzene rings is 1. The molecule has 3 aromatic rings. The van der Waals surface area contributed by atoms with Gasteiger partial charge >= 0.3 is 0 Å². The molecule has 1 atom stereocenters. The molecule has 136 valence electrons. The van der Waals surface area contributed by atoms with E-state index < -0.39 is 12.0 Å². The summed E-state index contributed by atoms with van der Waals surface area (Å²) in [6.45, 7) is 2.74. The molecule has 4 rings (SSSR count). The van der Waals surface area contributed by atoms with Crippen LogP contribution < -0.4 is 10.5 Å². The van der Waals surface area contributed by atoms with Crippen molar-refractivity contribution in [2.45, 2.75) is 19.6 Å². The Bertz CT molecular complexity index is 1090. The second kappa shape index (κ2) is 6.63. The number of amides is 1. The summed E-state index contributed by atoms with van der Waals surface area (Å²) in [6, 6.07) is 7.02. The van der Waals surface area contributed by atoms with Gasteiger partial charge in [-0.1, -0.05) is 17.0 Å². The Labute approximate surface area is 154 Å². The zero-order valence-electron chi connectivity index (χ0n) is 14.5. The van der Waals surface area contributed by atoms with Crippen molar-refractivity contribution >= 4 is 5.91 Å². The molecule has 0 radical (unpaired) electrons. The quantitative estimate of drug-likeness (QED) is 0.665. The first-order valence-corrected chi connectivity index (χ1v) is 8.28. The lowest BCUT2D eigenvalue weighted by Crippen LogP contribution is -2.11. The highest BCUT2D eigenvalue weighted by atomic mass is 16.5. The van der Waals surface area contributed by atoms with Crippen LogP contribution in [0.3, 0.4) is 0 Å². The Morgan fingerprint density at radius 1 is 1.41 bits per heavy atom. The van der Waals surface area contributed by atoms with E-state index in [9.17, 15) is 9.90 Å². The number of nitrogens with zero attached hydrogens (tertiary/aromatic N) is 3. The Morgan fingerprint density at radius 3 is 3.00 bits per heavy atom. The molecule has 3 N–H and O–H groups in total. The molecule has 8 heteroatoms. The van der Waals surface area contributed by atoms with Crippen molar-refractivity contribution < 1.29 is 19.2 Å². The van der Waals surface area contributed by atoms with E-state index in [4.69, 9.17) is 15.0 Å². The van der Waals surface area contributed by atoms with Gasteiger partial charge in [-0.15, -0.1) is 0 Å². The van der Waals surface area contributed by atoms with E-state index in [0.29, 0.717) is 47.3 Å². The summed E-state index contributed by atoms with van der Waals surface area (Å²) in [5, 5.41) is 13.9. The van der Waals surface area contributed by atoms with Crippen LogP contribution in [0.1, 0.15) is 33.6 Å². The van der Waals surface area contributed by atoms with Crippen LogP contribution in [-0.2, 0) is 6.54 Å². The van der Waals surface area contributed by atoms with Crippen molar-refractivity contribution in [3.8, 4) is 29.0 Å². The molecular formula is C19H16N4O4. The van der Waals surface area contributed by atoms with Crippen LogP contribution in [0, 0.1) is 18.8 Å². The highest BCUT2D eigenvalue weighted by Crippen LogP contribution is 2.32. The molecule has 0 fully saturated rings. The number of hydrogen-bond donors (Lipinski definition) is 2. The molecule has 3 heterocycles. The SMILES string of the molecule is Cc1cc(C(O)C#Cc2ccc3c(c2)-c2nc(C(N)=O)cn2CCO3)no1. The first kappa shape index (κ1) is 16.9. The monoisotopic (exact) mass is 364 g/mol. The summed E-state index contributed by atoms with van der Waals surface area (Å²) < 4.78 is 12.5. The van der Waals surface area contributed by atoms with Gasteiger partial charge in [0.2, 0.25) is 0 Å². The predicted molar refractivity (Wildman–Crippen MR) is 94.8 cm³/mol. The molecule has 1 aromatic carbocycles. The summed E-state index contributed by atoms with van der Waals surface area (Å²) in [7, 11) is 0. The van der Waals surface area contributed by atoms with Gasteiger partial charge in [-0.3, -0.25) is 4.79 Å². The number of ether oxygens (including phenoxy) is 1. The number of aliphatic hydroxyl groups is 1. The average Bonchev–Trinajstić information content (AvgIpc) is 3.23. The van der Waals surface area contributed by atoms with Crippen molar-refractivity contribution in [2.24, 2.45) is 5.73 Å².